The Morgan fingerprint density at radius 3 is 2.87 bits per heavy atom. The van der Waals surface area contributed by atoms with Crippen molar-refractivity contribution in [2.24, 2.45) is 0 Å². The van der Waals surface area contributed by atoms with Crippen molar-refractivity contribution in [3.05, 3.63) is 44.3 Å². The van der Waals surface area contributed by atoms with E-state index in [0.717, 1.165) is 19.5 Å². The molecule has 0 spiro atoms. The summed E-state index contributed by atoms with van der Waals surface area (Å²) in [7, 11) is 0. The zero-order valence-electron chi connectivity index (χ0n) is 8.82. The molecule has 1 nitrogen and oxygen atoms in total. The van der Waals surface area contributed by atoms with E-state index in [0.29, 0.717) is 0 Å². The highest BCUT2D eigenvalue weighted by Crippen LogP contribution is 2.14. The van der Waals surface area contributed by atoms with Crippen LogP contribution in [-0.2, 0) is 13.0 Å². The third-order valence-corrected chi connectivity index (χ3v) is 4.18. The number of hydrogen-bond acceptors (Lipinski definition) is 3. The van der Waals surface area contributed by atoms with E-state index in [9.17, 15) is 0 Å². The van der Waals surface area contributed by atoms with Gasteiger partial charge in [0.15, 0.2) is 0 Å². The van der Waals surface area contributed by atoms with Gasteiger partial charge in [-0.3, -0.25) is 0 Å². The Bertz CT molecular complexity index is 389. The number of aryl methyl sites for hydroxylation is 1. The average Bonchev–Trinajstić information content (AvgIpc) is 2.85. The number of rotatable bonds is 5. The van der Waals surface area contributed by atoms with Crippen molar-refractivity contribution in [1.82, 2.24) is 5.32 Å². The van der Waals surface area contributed by atoms with Crippen LogP contribution in [0.2, 0.25) is 0 Å². The second kappa shape index (κ2) is 5.45. The minimum Gasteiger partial charge on any atom is -0.312 e. The minimum atomic E-state index is 1.01. The summed E-state index contributed by atoms with van der Waals surface area (Å²) in [6.45, 7) is 4.24. The van der Waals surface area contributed by atoms with Gasteiger partial charge < -0.3 is 5.32 Å². The molecule has 0 saturated heterocycles. The maximum absolute atomic E-state index is 3.48. The van der Waals surface area contributed by atoms with Crippen LogP contribution in [0.4, 0.5) is 0 Å². The first kappa shape index (κ1) is 10.9. The molecule has 0 radical (unpaired) electrons. The molecule has 2 aromatic rings. The summed E-state index contributed by atoms with van der Waals surface area (Å²) in [5.74, 6) is 0. The SMILES string of the molecule is Cc1ccsc1CNCCc1ccsc1. The molecule has 0 atom stereocenters. The largest absolute Gasteiger partial charge is 0.312 e. The predicted molar refractivity (Wildman–Crippen MR) is 68.8 cm³/mol. The summed E-state index contributed by atoms with van der Waals surface area (Å²) in [5.41, 5.74) is 2.85. The lowest BCUT2D eigenvalue weighted by atomic mass is 10.2. The molecule has 0 unspecified atom stereocenters. The van der Waals surface area contributed by atoms with E-state index >= 15 is 0 Å². The standard InChI is InChI=1S/C12H15NS2/c1-10-3-7-15-12(10)8-13-5-2-11-4-6-14-9-11/h3-4,6-7,9,13H,2,5,8H2,1H3. The van der Waals surface area contributed by atoms with Crippen molar-refractivity contribution in [3.63, 3.8) is 0 Å². The molecular weight excluding hydrogens is 222 g/mol. The Morgan fingerprint density at radius 2 is 2.20 bits per heavy atom. The van der Waals surface area contributed by atoms with E-state index in [1.165, 1.54) is 16.0 Å². The molecule has 0 saturated carbocycles. The lowest BCUT2D eigenvalue weighted by Gasteiger charge is -2.02. The fraction of sp³-hybridized carbons (Fsp3) is 0.333. The predicted octanol–water partition coefficient (Wildman–Crippen LogP) is 3.45. The summed E-state index contributed by atoms with van der Waals surface area (Å²) in [6, 6.07) is 4.38. The topological polar surface area (TPSA) is 12.0 Å². The maximum atomic E-state index is 3.48. The zero-order valence-corrected chi connectivity index (χ0v) is 10.5. The molecule has 0 aliphatic rings. The van der Waals surface area contributed by atoms with Crippen molar-refractivity contribution in [3.8, 4) is 0 Å². The van der Waals surface area contributed by atoms with Gasteiger partial charge in [-0.25, -0.2) is 0 Å². The first-order valence-corrected chi connectivity index (χ1v) is 6.93. The lowest BCUT2D eigenvalue weighted by molar-refractivity contribution is 0.692. The average molecular weight is 237 g/mol. The normalized spacial score (nSPS) is 10.7. The summed E-state index contributed by atoms with van der Waals surface area (Å²) in [6.07, 6.45) is 1.13. The van der Waals surface area contributed by atoms with Crippen molar-refractivity contribution >= 4 is 22.7 Å². The van der Waals surface area contributed by atoms with E-state index < -0.39 is 0 Å². The van der Waals surface area contributed by atoms with Crippen LogP contribution in [0.1, 0.15) is 16.0 Å². The van der Waals surface area contributed by atoms with Crippen LogP contribution in [0.3, 0.4) is 0 Å². The Kier molecular flexibility index (Phi) is 3.94. The van der Waals surface area contributed by atoms with Crippen molar-refractivity contribution in [2.45, 2.75) is 19.9 Å². The summed E-state index contributed by atoms with van der Waals surface area (Å²) < 4.78 is 0. The lowest BCUT2D eigenvalue weighted by Crippen LogP contribution is -2.16. The van der Waals surface area contributed by atoms with Gasteiger partial charge in [-0.15, -0.1) is 11.3 Å². The van der Waals surface area contributed by atoms with Gasteiger partial charge in [0.2, 0.25) is 0 Å². The number of nitrogens with one attached hydrogen (secondary N) is 1. The van der Waals surface area contributed by atoms with Crippen LogP contribution in [0, 0.1) is 6.92 Å². The smallest absolute Gasteiger partial charge is 0.0302 e. The first-order chi connectivity index (χ1) is 7.36. The Hall–Kier alpha value is -0.640. The number of hydrogen-bond donors (Lipinski definition) is 1. The quantitative estimate of drug-likeness (QED) is 0.785. The van der Waals surface area contributed by atoms with Gasteiger partial charge >= 0.3 is 0 Å². The Morgan fingerprint density at radius 1 is 1.27 bits per heavy atom. The van der Waals surface area contributed by atoms with Gasteiger partial charge in [0.25, 0.3) is 0 Å². The molecule has 0 aliphatic carbocycles. The van der Waals surface area contributed by atoms with Gasteiger partial charge in [-0.1, -0.05) is 0 Å². The summed E-state index contributed by atoms with van der Waals surface area (Å²) in [4.78, 5) is 1.46. The van der Waals surface area contributed by atoms with E-state index in [4.69, 9.17) is 0 Å². The van der Waals surface area contributed by atoms with Crippen LogP contribution >= 0.6 is 22.7 Å². The molecule has 0 bridgehead atoms. The molecule has 2 rings (SSSR count). The van der Waals surface area contributed by atoms with Crippen molar-refractivity contribution < 1.29 is 0 Å². The van der Waals surface area contributed by atoms with Crippen LogP contribution in [0.5, 0.6) is 0 Å². The molecule has 80 valence electrons. The van der Waals surface area contributed by atoms with E-state index in [-0.39, 0.29) is 0 Å². The second-order valence-corrected chi connectivity index (χ2v) is 5.37. The summed E-state index contributed by atoms with van der Waals surface area (Å²) >= 11 is 3.61. The Balaban J connectivity index is 1.70. The van der Waals surface area contributed by atoms with Gasteiger partial charge in [0.05, 0.1) is 0 Å². The van der Waals surface area contributed by atoms with Crippen LogP contribution < -0.4 is 5.32 Å². The molecule has 0 aromatic carbocycles. The maximum Gasteiger partial charge on any atom is 0.0302 e. The van der Waals surface area contributed by atoms with Gasteiger partial charge in [0, 0.05) is 11.4 Å². The van der Waals surface area contributed by atoms with Gasteiger partial charge in [-0.05, 0) is 59.3 Å². The van der Waals surface area contributed by atoms with Gasteiger partial charge in [-0.2, -0.15) is 11.3 Å². The molecule has 0 amide bonds. The van der Waals surface area contributed by atoms with Crippen LogP contribution in [0.25, 0.3) is 0 Å². The molecule has 15 heavy (non-hydrogen) atoms. The third kappa shape index (κ3) is 3.16. The number of thiophene rings is 2. The Labute approximate surface area is 98.8 Å². The van der Waals surface area contributed by atoms with E-state index in [2.05, 4.69) is 40.5 Å². The van der Waals surface area contributed by atoms with Gasteiger partial charge in [0.1, 0.15) is 0 Å². The molecule has 2 heterocycles. The van der Waals surface area contributed by atoms with E-state index in [1.54, 1.807) is 11.3 Å². The molecule has 0 aliphatic heterocycles. The molecule has 3 heteroatoms. The van der Waals surface area contributed by atoms with Crippen molar-refractivity contribution in [2.75, 3.05) is 6.54 Å². The summed E-state index contributed by atoms with van der Waals surface area (Å²) in [5, 5.41) is 10.00. The van der Waals surface area contributed by atoms with Crippen LogP contribution in [0.15, 0.2) is 28.3 Å². The molecule has 2 aromatic heterocycles. The zero-order chi connectivity index (χ0) is 10.5. The highest BCUT2D eigenvalue weighted by atomic mass is 32.1. The molecular formula is C12H15NS2. The first-order valence-electron chi connectivity index (χ1n) is 5.11. The minimum absolute atomic E-state index is 1.01. The fourth-order valence-electron chi connectivity index (χ4n) is 1.45. The third-order valence-electron chi connectivity index (χ3n) is 2.42. The van der Waals surface area contributed by atoms with Crippen molar-refractivity contribution in [1.29, 1.82) is 0 Å². The highest BCUT2D eigenvalue weighted by molar-refractivity contribution is 7.10. The highest BCUT2D eigenvalue weighted by Gasteiger charge is 1.98. The van der Waals surface area contributed by atoms with E-state index in [1.807, 2.05) is 11.3 Å². The van der Waals surface area contributed by atoms with Crippen LogP contribution in [-0.4, -0.2) is 6.54 Å². The fourth-order valence-corrected chi connectivity index (χ4v) is 3.03. The molecule has 0 fully saturated rings. The molecule has 1 N–H and O–H groups in total. The monoisotopic (exact) mass is 237 g/mol. The second-order valence-electron chi connectivity index (χ2n) is 3.59.